The fourth-order valence-corrected chi connectivity index (χ4v) is 4.10. The van der Waals surface area contributed by atoms with Gasteiger partial charge in [-0.3, -0.25) is 0 Å². The summed E-state index contributed by atoms with van der Waals surface area (Å²) in [4.78, 5) is 0.955. The van der Waals surface area contributed by atoms with Crippen LogP contribution in [0, 0.1) is 32.1 Å². The smallest absolute Gasteiger partial charge is 0.792 e. The van der Waals surface area contributed by atoms with Gasteiger partial charge in [-0.05, 0) is 44.2 Å². The SMILES string of the molecule is [CH]1[CH][CH][CH][CH]1.[S-]CC/C([S-])=C(/[N-]C1CCCCC1)NC1CCCCC1.[Ti+3]. The monoisotopic (exact) mass is 424 g/mol. The van der Waals surface area contributed by atoms with E-state index >= 15 is 0 Å². The van der Waals surface area contributed by atoms with Gasteiger partial charge in [0.1, 0.15) is 0 Å². The third kappa shape index (κ3) is 10.2. The predicted molar refractivity (Wildman–Crippen MR) is 113 cm³/mol. The van der Waals surface area contributed by atoms with E-state index in [1.165, 1.54) is 64.2 Å². The topological polar surface area (TPSA) is 26.1 Å². The summed E-state index contributed by atoms with van der Waals surface area (Å²) in [5.41, 5.74) is 0. The average Bonchev–Trinajstić information content (AvgIpc) is 3.23. The van der Waals surface area contributed by atoms with Crippen molar-refractivity contribution in [2.45, 2.75) is 82.7 Å². The second-order valence-corrected chi connectivity index (χ2v) is 7.99. The van der Waals surface area contributed by atoms with Gasteiger partial charge in [-0.15, -0.1) is 0 Å². The van der Waals surface area contributed by atoms with Crippen LogP contribution in [0.15, 0.2) is 10.7 Å². The Bertz CT molecular complexity index is 345. The Morgan fingerprint density at radius 3 is 1.85 bits per heavy atom. The summed E-state index contributed by atoms with van der Waals surface area (Å²) in [6.45, 7) is 0. The molecule has 142 valence electrons. The molecule has 6 radical (unpaired) electrons. The van der Waals surface area contributed by atoms with Gasteiger partial charge >= 0.3 is 21.7 Å². The quantitative estimate of drug-likeness (QED) is 0.464. The number of hydrogen-bond donors (Lipinski definition) is 1. The maximum Gasteiger partial charge on any atom is 3.00 e. The number of hydrogen-bond acceptors (Lipinski definition) is 3. The zero-order valence-electron chi connectivity index (χ0n) is 15.8. The molecule has 3 aliphatic carbocycles. The fourth-order valence-electron chi connectivity index (χ4n) is 3.55. The standard InChI is InChI=1S/C16H29N2S2.C5H5.Ti/c19-12-11-15(20)16(17-13-7-3-1-4-8-13)18-14-9-5-2-6-10-14;1-2-4-5-3-1;/h13-14,17,19-20H,1-12H2;1-5H;/q-1;;+3/p-2/b16-15-;;. The van der Waals surface area contributed by atoms with Crippen LogP contribution in [0.2, 0.25) is 0 Å². The largest absolute Gasteiger partial charge is 3.00 e. The minimum atomic E-state index is 0. The third-order valence-electron chi connectivity index (χ3n) is 4.98. The van der Waals surface area contributed by atoms with E-state index in [4.69, 9.17) is 30.6 Å². The molecule has 0 unspecified atom stereocenters. The van der Waals surface area contributed by atoms with Crippen molar-refractivity contribution in [3.05, 3.63) is 48.1 Å². The average molecular weight is 425 g/mol. The molecule has 3 rings (SSSR count). The van der Waals surface area contributed by atoms with E-state index in [1.807, 2.05) is 32.1 Å². The minimum absolute atomic E-state index is 0. The first kappa shape index (κ1) is 24.7. The summed E-state index contributed by atoms with van der Waals surface area (Å²) in [6.07, 6.45) is 23.9. The van der Waals surface area contributed by atoms with E-state index in [0.29, 0.717) is 17.8 Å². The summed E-state index contributed by atoms with van der Waals surface area (Å²) in [5.74, 6) is 1.71. The Labute approximate surface area is 188 Å². The summed E-state index contributed by atoms with van der Waals surface area (Å²) in [5, 5.41) is 8.62. The Morgan fingerprint density at radius 1 is 0.846 bits per heavy atom. The molecule has 3 fully saturated rings. The first-order valence-corrected chi connectivity index (χ1v) is 10.9. The molecule has 0 spiro atoms. The molecule has 0 aromatic heterocycles. The molecule has 5 heteroatoms. The fraction of sp³-hybridized carbons (Fsp3) is 0.667. The van der Waals surface area contributed by atoms with Crippen molar-refractivity contribution in [2.75, 3.05) is 5.75 Å². The van der Waals surface area contributed by atoms with Crippen molar-refractivity contribution in [1.29, 1.82) is 0 Å². The summed E-state index contributed by atoms with van der Waals surface area (Å²) in [6, 6.07) is 1.06. The Morgan fingerprint density at radius 2 is 1.35 bits per heavy atom. The molecular formula is C21H32N2S2Ti. The molecule has 0 atom stereocenters. The zero-order chi connectivity index (χ0) is 17.7. The summed E-state index contributed by atoms with van der Waals surface area (Å²) >= 11 is 10.6. The maximum atomic E-state index is 5.55. The van der Waals surface area contributed by atoms with Crippen LogP contribution >= 0.6 is 0 Å². The van der Waals surface area contributed by atoms with E-state index in [1.54, 1.807) is 0 Å². The van der Waals surface area contributed by atoms with Crippen LogP contribution in [0.5, 0.6) is 0 Å². The Balaban J connectivity index is 0.000000486. The van der Waals surface area contributed by atoms with Crippen molar-refractivity contribution in [1.82, 2.24) is 5.32 Å². The molecule has 0 aromatic rings. The Kier molecular flexibility index (Phi) is 14.7. The van der Waals surface area contributed by atoms with Gasteiger partial charge in [0.25, 0.3) is 0 Å². The molecular weight excluding hydrogens is 392 g/mol. The van der Waals surface area contributed by atoms with E-state index < -0.39 is 0 Å². The van der Waals surface area contributed by atoms with Gasteiger partial charge in [-0.1, -0.05) is 76.5 Å². The van der Waals surface area contributed by atoms with Crippen molar-refractivity contribution < 1.29 is 21.7 Å². The van der Waals surface area contributed by atoms with E-state index in [2.05, 4.69) is 5.32 Å². The molecule has 0 heterocycles. The van der Waals surface area contributed by atoms with E-state index in [-0.39, 0.29) is 21.7 Å². The van der Waals surface area contributed by atoms with Gasteiger partial charge in [0.15, 0.2) is 0 Å². The first-order valence-electron chi connectivity index (χ1n) is 9.92. The molecule has 0 amide bonds. The molecule has 0 saturated heterocycles. The molecule has 3 saturated carbocycles. The van der Waals surface area contributed by atoms with Crippen LogP contribution in [0.4, 0.5) is 0 Å². The second-order valence-electron chi connectivity index (χ2n) is 7.09. The Hall–Kier alpha value is 0.624. The minimum Gasteiger partial charge on any atom is -0.792 e. The molecule has 3 aliphatic rings. The summed E-state index contributed by atoms with van der Waals surface area (Å²) < 4.78 is 0. The maximum absolute atomic E-state index is 5.55. The van der Waals surface area contributed by atoms with E-state index in [9.17, 15) is 0 Å². The number of allylic oxidation sites excluding steroid dienone is 1. The third-order valence-corrected chi connectivity index (χ3v) is 5.58. The van der Waals surface area contributed by atoms with Crippen LogP contribution in [-0.2, 0) is 47.0 Å². The van der Waals surface area contributed by atoms with Crippen molar-refractivity contribution >= 4 is 25.3 Å². The number of nitrogens with one attached hydrogen (secondary N) is 1. The van der Waals surface area contributed by atoms with Crippen LogP contribution in [0.25, 0.3) is 5.32 Å². The van der Waals surface area contributed by atoms with Crippen LogP contribution in [0.1, 0.15) is 70.6 Å². The normalized spacial score (nSPS) is 22.5. The van der Waals surface area contributed by atoms with Gasteiger partial charge in [-0.25, -0.2) is 4.91 Å². The first-order chi connectivity index (χ1) is 12.3. The van der Waals surface area contributed by atoms with Gasteiger partial charge < -0.3 is 35.9 Å². The van der Waals surface area contributed by atoms with Gasteiger partial charge in [0, 0.05) is 0 Å². The number of rotatable bonds is 6. The van der Waals surface area contributed by atoms with Crippen LogP contribution in [-0.4, -0.2) is 17.8 Å². The molecule has 1 N–H and O–H groups in total. The molecule has 0 aromatic carbocycles. The van der Waals surface area contributed by atoms with Gasteiger partial charge in [0.2, 0.25) is 0 Å². The molecule has 0 bridgehead atoms. The molecule has 0 aliphatic heterocycles. The van der Waals surface area contributed by atoms with Crippen LogP contribution < -0.4 is 5.32 Å². The van der Waals surface area contributed by atoms with E-state index in [0.717, 1.165) is 17.1 Å². The molecule has 26 heavy (non-hydrogen) atoms. The van der Waals surface area contributed by atoms with Crippen LogP contribution in [0.3, 0.4) is 0 Å². The van der Waals surface area contributed by atoms with Gasteiger partial charge in [-0.2, -0.15) is 5.75 Å². The zero-order valence-corrected chi connectivity index (χ0v) is 19.0. The van der Waals surface area contributed by atoms with Gasteiger partial charge in [0.05, 0.1) is 0 Å². The number of nitrogens with zero attached hydrogens (tertiary/aromatic N) is 1. The van der Waals surface area contributed by atoms with Crippen molar-refractivity contribution in [3.8, 4) is 0 Å². The predicted octanol–water partition coefficient (Wildman–Crippen LogP) is 5.29. The summed E-state index contributed by atoms with van der Waals surface area (Å²) in [7, 11) is 0. The second kappa shape index (κ2) is 15.5. The van der Waals surface area contributed by atoms with Crippen molar-refractivity contribution in [3.63, 3.8) is 0 Å². The molecule has 2 nitrogen and oxygen atoms in total. The van der Waals surface area contributed by atoms with Crippen molar-refractivity contribution in [2.24, 2.45) is 0 Å².